The molecule has 0 bridgehead atoms. The first-order chi connectivity index (χ1) is 12.8. The van der Waals surface area contributed by atoms with Crippen LogP contribution in [0.5, 0.6) is 0 Å². The molecule has 3 rings (SSSR count). The van der Waals surface area contributed by atoms with Gasteiger partial charge in [-0.3, -0.25) is 4.79 Å². The minimum absolute atomic E-state index is 0.263. The number of carbonyl (C=O) groups is 1. The van der Waals surface area contributed by atoms with E-state index < -0.39 is 0 Å². The van der Waals surface area contributed by atoms with Crippen molar-refractivity contribution in [3.63, 3.8) is 0 Å². The highest BCUT2D eigenvalue weighted by Gasteiger charge is 2.12. The third-order valence-corrected chi connectivity index (χ3v) is 4.89. The molecule has 1 N–H and O–H groups in total. The number of Topliss-reactive ketones (excluding diaryl/α,β-unsaturated/α-hetero) is 1. The van der Waals surface area contributed by atoms with Gasteiger partial charge in [0, 0.05) is 36.1 Å². The first kappa shape index (κ1) is 18.4. The summed E-state index contributed by atoms with van der Waals surface area (Å²) >= 11 is 0. The van der Waals surface area contributed by atoms with Crippen molar-refractivity contribution in [3.05, 3.63) is 71.9 Å². The maximum Gasteiger partial charge on any atom is 0.165 e. The fourth-order valence-corrected chi connectivity index (χ4v) is 3.41. The largest absolute Gasteiger partial charge is 0.350 e. The number of aromatic nitrogens is 1. The number of ketones is 1. The van der Waals surface area contributed by atoms with Gasteiger partial charge in [0.05, 0.1) is 0 Å². The molecule has 0 aliphatic carbocycles. The number of nitrogens with one attached hydrogen (secondary N) is 1. The second-order valence-corrected chi connectivity index (χ2v) is 6.89. The van der Waals surface area contributed by atoms with Crippen molar-refractivity contribution < 1.29 is 4.79 Å². The van der Waals surface area contributed by atoms with Gasteiger partial charge < -0.3 is 9.88 Å². The quantitative estimate of drug-likeness (QED) is 0.424. The van der Waals surface area contributed by atoms with Gasteiger partial charge in [-0.25, -0.2) is 0 Å². The molecule has 0 aliphatic rings. The van der Waals surface area contributed by atoms with E-state index in [9.17, 15) is 4.79 Å². The van der Waals surface area contributed by atoms with Crippen molar-refractivity contribution in [2.24, 2.45) is 7.05 Å². The molecule has 0 atom stereocenters. The zero-order chi connectivity index (χ0) is 18.2. The van der Waals surface area contributed by atoms with Gasteiger partial charge in [0.15, 0.2) is 5.78 Å². The Balaban J connectivity index is 1.33. The molecule has 26 heavy (non-hydrogen) atoms. The lowest BCUT2D eigenvalue weighted by Gasteiger charge is -2.05. The van der Waals surface area contributed by atoms with Crippen molar-refractivity contribution >= 4 is 16.7 Å². The molecular weight excluding hydrogens is 320 g/mol. The molecule has 1 aromatic heterocycles. The van der Waals surface area contributed by atoms with Crippen LogP contribution in [-0.2, 0) is 13.5 Å². The predicted octanol–water partition coefficient (Wildman–Crippen LogP) is 4.75. The average Bonchev–Trinajstić information content (AvgIpc) is 3.02. The molecule has 3 nitrogen and oxygen atoms in total. The van der Waals surface area contributed by atoms with Crippen LogP contribution in [0.1, 0.15) is 41.6 Å². The zero-order valence-corrected chi connectivity index (χ0v) is 15.6. The standard InChI is InChI=1S/C23H28N2O/c1-25-18-21(20-12-7-8-13-22(20)25)23(26)14-6-3-9-16-24-17-15-19-10-4-2-5-11-19/h2,4-5,7-8,10-13,18,24H,3,6,9,14-17H2,1H3. The third-order valence-electron chi connectivity index (χ3n) is 4.89. The SMILES string of the molecule is Cn1cc(C(=O)CCCCCNCCc2ccccc2)c2ccccc21. The van der Waals surface area contributed by atoms with E-state index in [1.807, 2.05) is 36.0 Å². The van der Waals surface area contributed by atoms with E-state index in [0.29, 0.717) is 6.42 Å². The second kappa shape index (κ2) is 9.35. The van der Waals surface area contributed by atoms with Crippen LogP contribution in [0.25, 0.3) is 10.9 Å². The summed E-state index contributed by atoms with van der Waals surface area (Å²) in [5.74, 6) is 0.263. The van der Waals surface area contributed by atoms with Crippen molar-refractivity contribution in [3.8, 4) is 0 Å². The summed E-state index contributed by atoms with van der Waals surface area (Å²) in [5, 5.41) is 4.56. The summed E-state index contributed by atoms with van der Waals surface area (Å²) in [4.78, 5) is 12.5. The fourth-order valence-electron chi connectivity index (χ4n) is 3.41. The summed E-state index contributed by atoms with van der Waals surface area (Å²) in [5.41, 5.74) is 3.36. The molecule has 2 aromatic carbocycles. The number of benzene rings is 2. The van der Waals surface area contributed by atoms with Crippen LogP contribution in [0.4, 0.5) is 0 Å². The Morgan fingerprint density at radius 1 is 0.923 bits per heavy atom. The molecule has 136 valence electrons. The number of fused-ring (bicyclic) bond motifs is 1. The highest BCUT2D eigenvalue weighted by atomic mass is 16.1. The number of hydrogen-bond acceptors (Lipinski definition) is 2. The van der Waals surface area contributed by atoms with Crippen LogP contribution in [0.15, 0.2) is 60.8 Å². The van der Waals surface area contributed by atoms with Gasteiger partial charge in [-0.05, 0) is 44.0 Å². The maximum absolute atomic E-state index is 12.5. The van der Waals surface area contributed by atoms with Gasteiger partial charge >= 0.3 is 0 Å². The van der Waals surface area contributed by atoms with E-state index in [1.165, 1.54) is 5.56 Å². The normalized spacial score (nSPS) is 11.1. The Hall–Kier alpha value is -2.39. The second-order valence-electron chi connectivity index (χ2n) is 6.89. The van der Waals surface area contributed by atoms with E-state index >= 15 is 0 Å². The number of carbonyl (C=O) groups excluding carboxylic acids is 1. The summed E-state index contributed by atoms with van der Waals surface area (Å²) in [7, 11) is 2.00. The lowest BCUT2D eigenvalue weighted by molar-refractivity contribution is 0.0980. The van der Waals surface area contributed by atoms with Gasteiger partial charge in [-0.15, -0.1) is 0 Å². The number of rotatable bonds is 10. The zero-order valence-electron chi connectivity index (χ0n) is 15.6. The summed E-state index contributed by atoms with van der Waals surface area (Å²) in [6.45, 7) is 2.04. The molecular formula is C23H28N2O. The smallest absolute Gasteiger partial charge is 0.165 e. The molecule has 0 spiro atoms. The highest BCUT2D eigenvalue weighted by Crippen LogP contribution is 2.22. The van der Waals surface area contributed by atoms with Crippen molar-refractivity contribution in [2.45, 2.75) is 32.1 Å². The van der Waals surface area contributed by atoms with E-state index in [1.54, 1.807) is 0 Å². The van der Waals surface area contributed by atoms with Crippen molar-refractivity contribution in [1.29, 1.82) is 0 Å². The number of unbranched alkanes of at least 4 members (excludes halogenated alkanes) is 2. The van der Waals surface area contributed by atoms with Crippen LogP contribution in [0.2, 0.25) is 0 Å². The molecule has 0 aliphatic heterocycles. The number of para-hydroxylation sites is 1. The first-order valence-electron chi connectivity index (χ1n) is 9.57. The lowest BCUT2D eigenvalue weighted by atomic mass is 10.0. The van der Waals surface area contributed by atoms with Gasteiger partial charge in [0.1, 0.15) is 0 Å². The van der Waals surface area contributed by atoms with Crippen LogP contribution in [-0.4, -0.2) is 23.4 Å². The van der Waals surface area contributed by atoms with Crippen LogP contribution < -0.4 is 5.32 Å². The molecule has 0 amide bonds. The summed E-state index contributed by atoms with van der Waals surface area (Å²) < 4.78 is 2.04. The molecule has 3 heteroatoms. The van der Waals surface area contributed by atoms with E-state index in [2.05, 4.69) is 41.7 Å². The predicted molar refractivity (Wildman–Crippen MR) is 109 cm³/mol. The average molecular weight is 348 g/mol. The van der Waals surface area contributed by atoms with Gasteiger partial charge in [-0.1, -0.05) is 55.0 Å². The topological polar surface area (TPSA) is 34.0 Å². The van der Waals surface area contributed by atoms with Crippen molar-refractivity contribution in [2.75, 3.05) is 13.1 Å². The molecule has 0 saturated heterocycles. The van der Waals surface area contributed by atoms with Gasteiger partial charge in [0.2, 0.25) is 0 Å². The molecule has 0 unspecified atom stereocenters. The molecule has 0 saturated carbocycles. The summed E-state index contributed by atoms with van der Waals surface area (Å²) in [6, 6.07) is 18.7. The fraction of sp³-hybridized carbons (Fsp3) is 0.348. The maximum atomic E-state index is 12.5. The Morgan fingerprint density at radius 3 is 2.54 bits per heavy atom. The molecule has 0 radical (unpaired) electrons. The highest BCUT2D eigenvalue weighted by molar-refractivity contribution is 6.08. The van der Waals surface area contributed by atoms with Gasteiger partial charge in [-0.2, -0.15) is 0 Å². The third kappa shape index (κ3) is 4.83. The minimum atomic E-state index is 0.263. The van der Waals surface area contributed by atoms with Crippen molar-refractivity contribution in [1.82, 2.24) is 9.88 Å². The van der Waals surface area contributed by atoms with Crippen LogP contribution in [0.3, 0.4) is 0 Å². The van der Waals surface area contributed by atoms with E-state index in [0.717, 1.165) is 55.2 Å². The molecule has 1 heterocycles. The Kier molecular flexibility index (Phi) is 6.62. The Bertz CT molecular complexity index is 836. The van der Waals surface area contributed by atoms with Crippen LogP contribution in [0, 0.1) is 0 Å². The molecule has 0 fully saturated rings. The van der Waals surface area contributed by atoms with E-state index in [-0.39, 0.29) is 5.78 Å². The van der Waals surface area contributed by atoms with Crippen LogP contribution >= 0.6 is 0 Å². The number of nitrogens with zero attached hydrogens (tertiary/aromatic N) is 1. The Labute approximate surface area is 156 Å². The van der Waals surface area contributed by atoms with E-state index in [4.69, 9.17) is 0 Å². The monoisotopic (exact) mass is 348 g/mol. The lowest BCUT2D eigenvalue weighted by Crippen LogP contribution is -2.18. The molecule has 3 aromatic rings. The minimum Gasteiger partial charge on any atom is -0.350 e. The number of aryl methyl sites for hydroxylation is 1. The Morgan fingerprint density at radius 2 is 1.69 bits per heavy atom. The summed E-state index contributed by atoms with van der Waals surface area (Å²) in [6.07, 6.45) is 6.85. The number of hydrogen-bond donors (Lipinski definition) is 1. The van der Waals surface area contributed by atoms with Gasteiger partial charge in [0.25, 0.3) is 0 Å². The first-order valence-corrected chi connectivity index (χ1v) is 9.57.